The van der Waals surface area contributed by atoms with Gasteiger partial charge in [0.1, 0.15) is 5.25 Å². The van der Waals surface area contributed by atoms with Gasteiger partial charge in [0, 0.05) is 12.7 Å². The van der Waals surface area contributed by atoms with Gasteiger partial charge in [-0.2, -0.15) is 0 Å². The summed E-state index contributed by atoms with van der Waals surface area (Å²) >= 11 is 1.32. The molecule has 1 aromatic heterocycles. The number of anilines is 1. The number of nitrogens with zero attached hydrogens (tertiary/aromatic N) is 4. The number of carbonyl (C=O) groups excluding carboxylic acids is 1. The monoisotopic (exact) mass is 339 g/mol. The predicted octanol–water partition coefficient (Wildman–Crippen LogP) is 2.99. The quantitative estimate of drug-likeness (QED) is 0.724. The maximum absolute atomic E-state index is 12.8. The number of benzene rings is 2. The lowest BCUT2D eigenvalue weighted by Gasteiger charge is -2.16. The highest BCUT2D eigenvalue weighted by molar-refractivity contribution is 8.00. The third-order valence-corrected chi connectivity index (χ3v) is 4.74. The lowest BCUT2D eigenvalue weighted by molar-refractivity contribution is -0.115. The van der Waals surface area contributed by atoms with E-state index in [9.17, 15) is 4.79 Å². The van der Waals surface area contributed by atoms with E-state index in [0.717, 1.165) is 16.8 Å². The maximum Gasteiger partial charge on any atom is 0.242 e. The zero-order valence-corrected chi connectivity index (χ0v) is 14.2. The van der Waals surface area contributed by atoms with E-state index in [-0.39, 0.29) is 5.91 Å². The van der Waals surface area contributed by atoms with Crippen molar-refractivity contribution in [1.29, 1.82) is 0 Å². The Morgan fingerprint density at radius 1 is 1.12 bits per heavy atom. The van der Waals surface area contributed by atoms with Crippen molar-refractivity contribution in [2.75, 3.05) is 5.32 Å². The van der Waals surface area contributed by atoms with E-state index in [2.05, 4.69) is 20.8 Å². The van der Waals surface area contributed by atoms with Crippen molar-refractivity contribution in [3.8, 4) is 0 Å². The van der Waals surface area contributed by atoms with E-state index < -0.39 is 5.25 Å². The van der Waals surface area contributed by atoms with Gasteiger partial charge in [-0.05, 0) is 35.0 Å². The Morgan fingerprint density at radius 3 is 2.46 bits per heavy atom. The van der Waals surface area contributed by atoms with E-state index in [1.54, 1.807) is 11.7 Å². The zero-order valence-electron chi connectivity index (χ0n) is 13.4. The average molecular weight is 339 g/mol. The lowest BCUT2D eigenvalue weighted by Crippen LogP contribution is -2.19. The number of nitrogens with one attached hydrogen (secondary N) is 1. The van der Waals surface area contributed by atoms with Crippen molar-refractivity contribution >= 4 is 23.4 Å². The number of hydrogen-bond acceptors (Lipinski definition) is 5. The van der Waals surface area contributed by atoms with Crippen molar-refractivity contribution < 1.29 is 4.79 Å². The molecule has 1 N–H and O–H groups in total. The summed E-state index contributed by atoms with van der Waals surface area (Å²) in [6.07, 6.45) is 0. The van der Waals surface area contributed by atoms with Gasteiger partial charge in [0.15, 0.2) is 0 Å². The lowest BCUT2D eigenvalue weighted by atomic mass is 10.1. The van der Waals surface area contributed by atoms with Gasteiger partial charge in [0.05, 0.1) is 0 Å². The Morgan fingerprint density at radius 2 is 1.83 bits per heavy atom. The van der Waals surface area contributed by atoms with Crippen LogP contribution in [0, 0.1) is 6.92 Å². The second-order valence-corrected chi connectivity index (χ2v) is 6.42. The van der Waals surface area contributed by atoms with Crippen molar-refractivity contribution in [2.24, 2.45) is 7.05 Å². The third-order valence-electron chi connectivity index (χ3n) is 3.46. The topological polar surface area (TPSA) is 72.7 Å². The molecule has 3 rings (SSSR count). The molecule has 0 aliphatic heterocycles. The van der Waals surface area contributed by atoms with Gasteiger partial charge in [0.25, 0.3) is 0 Å². The SMILES string of the molecule is Cc1ccc(NC(=O)[C@H](Sc2nnnn2C)c2ccccc2)cc1. The number of thioether (sulfide) groups is 1. The van der Waals surface area contributed by atoms with Crippen molar-refractivity contribution in [2.45, 2.75) is 17.3 Å². The summed E-state index contributed by atoms with van der Waals surface area (Å²) in [5, 5.41) is 14.5. The third kappa shape index (κ3) is 3.80. The Kier molecular flexibility index (Phi) is 4.90. The van der Waals surface area contributed by atoms with E-state index in [4.69, 9.17) is 0 Å². The van der Waals surface area contributed by atoms with Crippen LogP contribution in [-0.4, -0.2) is 26.1 Å². The number of aryl methyl sites for hydroxylation is 2. The van der Waals surface area contributed by atoms with Gasteiger partial charge >= 0.3 is 0 Å². The number of tetrazole rings is 1. The minimum atomic E-state index is -0.447. The maximum atomic E-state index is 12.8. The molecule has 2 aromatic carbocycles. The molecule has 7 heteroatoms. The molecule has 1 amide bonds. The molecular formula is C17H17N5OS. The van der Waals surface area contributed by atoms with Gasteiger partial charge in [-0.3, -0.25) is 4.79 Å². The number of aromatic nitrogens is 4. The summed E-state index contributed by atoms with van der Waals surface area (Å²) in [5.41, 5.74) is 2.81. The van der Waals surface area contributed by atoms with E-state index in [1.807, 2.05) is 61.5 Å². The molecule has 6 nitrogen and oxygen atoms in total. The Hall–Kier alpha value is -2.67. The van der Waals surface area contributed by atoms with Crippen LogP contribution in [0.4, 0.5) is 5.69 Å². The molecule has 0 aliphatic carbocycles. The molecule has 3 aromatic rings. The second-order valence-electron chi connectivity index (χ2n) is 5.35. The number of hydrogen-bond donors (Lipinski definition) is 1. The second kappa shape index (κ2) is 7.27. The highest BCUT2D eigenvalue weighted by Crippen LogP contribution is 2.34. The van der Waals surface area contributed by atoms with Gasteiger partial charge in [-0.1, -0.05) is 59.8 Å². The molecule has 1 heterocycles. The highest BCUT2D eigenvalue weighted by atomic mass is 32.2. The largest absolute Gasteiger partial charge is 0.325 e. The molecule has 1 atom stereocenters. The summed E-state index contributed by atoms with van der Waals surface area (Å²) in [7, 11) is 1.75. The van der Waals surface area contributed by atoms with Crippen LogP contribution in [0.1, 0.15) is 16.4 Å². The van der Waals surface area contributed by atoms with Crippen LogP contribution in [0.25, 0.3) is 0 Å². The van der Waals surface area contributed by atoms with Crippen molar-refractivity contribution in [3.05, 3.63) is 65.7 Å². The Bertz CT molecular complexity index is 817. The summed E-state index contributed by atoms with van der Waals surface area (Å²) in [5.74, 6) is -0.113. The molecule has 0 saturated carbocycles. The normalized spacial score (nSPS) is 11.9. The van der Waals surface area contributed by atoms with E-state index in [0.29, 0.717) is 5.16 Å². The van der Waals surface area contributed by atoms with Gasteiger partial charge in [0.2, 0.25) is 11.1 Å². The summed E-state index contributed by atoms with van der Waals surface area (Å²) in [6.45, 7) is 2.01. The fourth-order valence-electron chi connectivity index (χ4n) is 2.17. The molecule has 0 unspecified atom stereocenters. The van der Waals surface area contributed by atoms with Gasteiger partial charge in [-0.15, -0.1) is 5.10 Å². The van der Waals surface area contributed by atoms with Crippen molar-refractivity contribution in [1.82, 2.24) is 20.2 Å². The van der Waals surface area contributed by atoms with E-state index >= 15 is 0 Å². The van der Waals surface area contributed by atoms with Crippen LogP contribution >= 0.6 is 11.8 Å². The zero-order chi connectivity index (χ0) is 16.9. The summed E-state index contributed by atoms with van der Waals surface area (Å²) in [4.78, 5) is 12.8. The molecule has 24 heavy (non-hydrogen) atoms. The molecule has 122 valence electrons. The van der Waals surface area contributed by atoms with Crippen LogP contribution < -0.4 is 5.32 Å². The molecule has 0 fully saturated rings. The first kappa shape index (κ1) is 16.2. The number of rotatable bonds is 5. The summed E-state index contributed by atoms with van der Waals surface area (Å²) < 4.78 is 1.56. The van der Waals surface area contributed by atoms with Gasteiger partial charge in [-0.25, -0.2) is 4.68 Å². The van der Waals surface area contributed by atoms with Crippen LogP contribution in [0.3, 0.4) is 0 Å². The summed E-state index contributed by atoms with van der Waals surface area (Å²) in [6, 6.07) is 17.3. The molecule has 0 saturated heterocycles. The first-order valence-corrected chi connectivity index (χ1v) is 8.33. The molecular weight excluding hydrogens is 322 g/mol. The van der Waals surface area contributed by atoms with Gasteiger partial charge < -0.3 is 5.32 Å². The molecule has 0 aliphatic rings. The van der Waals surface area contributed by atoms with Crippen LogP contribution in [0.15, 0.2) is 59.8 Å². The molecule has 0 spiro atoms. The fraction of sp³-hybridized carbons (Fsp3) is 0.176. The van der Waals surface area contributed by atoms with E-state index in [1.165, 1.54) is 11.8 Å². The molecule has 0 radical (unpaired) electrons. The van der Waals surface area contributed by atoms with Crippen LogP contribution in [0.5, 0.6) is 0 Å². The Balaban J connectivity index is 1.85. The smallest absolute Gasteiger partial charge is 0.242 e. The predicted molar refractivity (Wildman–Crippen MR) is 93.6 cm³/mol. The minimum absolute atomic E-state index is 0.113. The van der Waals surface area contributed by atoms with Crippen LogP contribution in [0.2, 0.25) is 0 Å². The standard InChI is InChI=1S/C17H17N5OS/c1-12-8-10-14(11-9-12)18-16(23)15(13-6-4-3-5-7-13)24-17-19-20-21-22(17)2/h3-11,15H,1-2H3,(H,18,23)/t15-/m1/s1. The van der Waals surface area contributed by atoms with Crippen LogP contribution in [-0.2, 0) is 11.8 Å². The number of carbonyl (C=O) groups is 1. The number of amides is 1. The van der Waals surface area contributed by atoms with Crippen molar-refractivity contribution in [3.63, 3.8) is 0 Å². The first-order chi connectivity index (χ1) is 11.6. The first-order valence-electron chi connectivity index (χ1n) is 7.45. The Labute approximate surface area is 144 Å². The highest BCUT2D eigenvalue weighted by Gasteiger charge is 2.24. The fourth-order valence-corrected chi connectivity index (χ4v) is 3.11. The minimum Gasteiger partial charge on any atom is -0.325 e. The molecule has 0 bridgehead atoms. The average Bonchev–Trinajstić information content (AvgIpc) is 3.00.